The fourth-order valence-corrected chi connectivity index (χ4v) is 4.17. The van der Waals surface area contributed by atoms with Crippen LogP contribution in [0.25, 0.3) is 0 Å². The van der Waals surface area contributed by atoms with Gasteiger partial charge in [-0.2, -0.15) is 0 Å². The average Bonchev–Trinajstić information content (AvgIpc) is 2.97. The van der Waals surface area contributed by atoms with E-state index < -0.39 is 0 Å². The summed E-state index contributed by atoms with van der Waals surface area (Å²) in [6.07, 6.45) is 1.16. The highest BCUT2D eigenvalue weighted by Gasteiger charge is 2.24. The third-order valence-electron chi connectivity index (χ3n) is 2.92. The first kappa shape index (κ1) is 14.6. The van der Waals surface area contributed by atoms with E-state index in [0.717, 1.165) is 47.0 Å². The summed E-state index contributed by atoms with van der Waals surface area (Å²) >= 11 is 15.6. The second kappa shape index (κ2) is 6.60. The molecule has 0 spiro atoms. The number of aliphatic imine (C=N–C) groups is 2. The summed E-state index contributed by atoms with van der Waals surface area (Å²) in [7, 11) is 0. The Labute approximate surface area is 136 Å². The Balaban J connectivity index is 1.88. The maximum Gasteiger partial charge on any atom is 0.170 e. The molecule has 0 bridgehead atoms. The lowest BCUT2D eigenvalue weighted by molar-refractivity contribution is 0.608. The van der Waals surface area contributed by atoms with Gasteiger partial charge in [-0.15, -0.1) is 0 Å². The van der Waals surface area contributed by atoms with Gasteiger partial charge in [-0.1, -0.05) is 46.7 Å². The van der Waals surface area contributed by atoms with E-state index in [2.05, 4.69) is 9.89 Å². The fourth-order valence-electron chi connectivity index (χ4n) is 1.98. The molecule has 106 valence electrons. The van der Waals surface area contributed by atoms with Crippen LogP contribution in [0.4, 0.5) is 5.69 Å². The number of thioether (sulfide) groups is 2. The lowest BCUT2D eigenvalue weighted by atomic mass is 10.3. The molecule has 0 amide bonds. The highest BCUT2D eigenvalue weighted by Crippen LogP contribution is 2.30. The first-order valence-corrected chi connectivity index (χ1v) is 9.08. The van der Waals surface area contributed by atoms with E-state index in [-0.39, 0.29) is 0 Å². The predicted molar refractivity (Wildman–Crippen MR) is 92.1 cm³/mol. The van der Waals surface area contributed by atoms with Crippen molar-refractivity contribution < 1.29 is 0 Å². The summed E-state index contributed by atoms with van der Waals surface area (Å²) in [5.41, 5.74) is 0.831. The minimum absolute atomic E-state index is 0.536. The zero-order valence-corrected chi connectivity index (χ0v) is 13.8. The van der Waals surface area contributed by atoms with Crippen molar-refractivity contribution >= 4 is 62.7 Å². The quantitative estimate of drug-likeness (QED) is 0.748. The van der Waals surface area contributed by atoms with Gasteiger partial charge in [0.15, 0.2) is 10.3 Å². The van der Waals surface area contributed by atoms with Crippen molar-refractivity contribution in [2.75, 3.05) is 24.6 Å². The van der Waals surface area contributed by atoms with Gasteiger partial charge >= 0.3 is 0 Å². The van der Waals surface area contributed by atoms with Crippen LogP contribution in [0, 0.1) is 0 Å². The van der Waals surface area contributed by atoms with E-state index in [4.69, 9.17) is 28.2 Å². The molecular weight excluding hydrogens is 333 g/mol. The largest absolute Gasteiger partial charge is 0.300 e. The van der Waals surface area contributed by atoms with Crippen LogP contribution in [0.3, 0.4) is 0 Å². The third-order valence-corrected chi connectivity index (χ3v) is 5.71. The van der Waals surface area contributed by atoms with Crippen molar-refractivity contribution in [1.82, 2.24) is 4.90 Å². The van der Waals surface area contributed by atoms with Crippen molar-refractivity contribution in [2.45, 2.75) is 6.42 Å². The normalized spacial score (nSPS) is 21.4. The zero-order chi connectivity index (χ0) is 13.9. The Kier molecular flexibility index (Phi) is 4.81. The molecule has 1 aromatic carbocycles. The zero-order valence-electron chi connectivity index (χ0n) is 10.7. The number of hydrogen-bond donors (Lipinski definition) is 0. The molecule has 2 heterocycles. The summed E-state index contributed by atoms with van der Waals surface area (Å²) in [5.74, 6) is 2.16. The smallest absolute Gasteiger partial charge is 0.170 e. The highest BCUT2D eigenvalue weighted by molar-refractivity contribution is 8.16. The molecule has 0 saturated carbocycles. The van der Waals surface area contributed by atoms with Crippen LogP contribution in [0.2, 0.25) is 10.0 Å². The third kappa shape index (κ3) is 3.27. The van der Waals surface area contributed by atoms with Crippen LogP contribution in [0.15, 0.2) is 28.2 Å². The number of amidine groups is 2. The molecular formula is C13H13Cl2N3S2. The number of halogens is 2. The second-order valence-electron chi connectivity index (χ2n) is 4.36. The Morgan fingerprint density at radius 1 is 1.15 bits per heavy atom. The van der Waals surface area contributed by atoms with Gasteiger partial charge in [-0.3, -0.25) is 4.99 Å². The lowest BCUT2D eigenvalue weighted by Crippen LogP contribution is -2.37. The lowest BCUT2D eigenvalue weighted by Gasteiger charge is -2.28. The van der Waals surface area contributed by atoms with Gasteiger partial charge in [-0.05, 0) is 24.6 Å². The second-order valence-corrected chi connectivity index (χ2v) is 7.30. The van der Waals surface area contributed by atoms with Gasteiger partial charge in [0, 0.05) is 18.1 Å². The summed E-state index contributed by atoms with van der Waals surface area (Å²) in [6.45, 7) is 1.89. The molecule has 1 saturated heterocycles. The molecule has 0 aromatic heterocycles. The van der Waals surface area contributed by atoms with Crippen molar-refractivity contribution in [3.63, 3.8) is 0 Å². The van der Waals surface area contributed by atoms with Gasteiger partial charge in [0.2, 0.25) is 0 Å². The minimum atomic E-state index is 0.536. The molecule has 3 rings (SSSR count). The summed E-state index contributed by atoms with van der Waals surface area (Å²) in [4.78, 5) is 11.5. The minimum Gasteiger partial charge on any atom is -0.300 e. The average molecular weight is 346 g/mol. The standard InChI is InChI=1S/C13H13Cl2N3S2/c14-10-3-2-9(8-11(10)15)17-13-18(5-1-6-19-13)12-16-4-7-20-12/h2-3,8H,1,4-7H2. The Morgan fingerprint density at radius 2 is 2.05 bits per heavy atom. The molecule has 0 radical (unpaired) electrons. The predicted octanol–water partition coefficient (Wildman–Crippen LogP) is 4.52. The van der Waals surface area contributed by atoms with E-state index in [9.17, 15) is 0 Å². The van der Waals surface area contributed by atoms with E-state index in [1.165, 1.54) is 0 Å². The SMILES string of the molecule is Clc1ccc(N=C2SCCCN2C2=NCCS2)cc1Cl. The van der Waals surface area contributed by atoms with Gasteiger partial charge in [-0.25, -0.2) is 4.99 Å². The highest BCUT2D eigenvalue weighted by atomic mass is 35.5. The van der Waals surface area contributed by atoms with Crippen LogP contribution >= 0.6 is 46.7 Å². The van der Waals surface area contributed by atoms with Crippen LogP contribution in [-0.4, -0.2) is 39.8 Å². The maximum absolute atomic E-state index is 6.05. The molecule has 0 unspecified atom stereocenters. The topological polar surface area (TPSA) is 28.0 Å². The van der Waals surface area contributed by atoms with Gasteiger partial charge < -0.3 is 4.90 Å². The van der Waals surface area contributed by atoms with E-state index in [1.54, 1.807) is 35.7 Å². The summed E-state index contributed by atoms with van der Waals surface area (Å²) in [6, 6.07) is 5.47. The molecule has 0 aliphatic carbocycles. The molecule has 7 heteroatoms. The van der Waals surface area contributed by atoms with Crippen molar-refractivity contribution in [3.05, 3.63) is 28.2 Å². The molecule has 3 nitrogen and oxygen atoms in total. The molecule has 1 aromatic rings. The van der Waals surface area contributed by atoms with Crippen molar-refractivity contribution in [3.8, 4) is 0 Å². The van der Waals surface area contributed by atoms with Crippen molar-refractivity contribution in [1.29, 1.82) is 0 Å². The van der Waals surface area contributed by atoms with Crippen LogP contribution in [0.5, 0.6) is 0 Å². The molecule has 0 N–H and O–H groups in total. The van der Waals surface area contributed by atoms with Gasteiger partial charge in [0.25, 0.3) is 0 Å². The molecule has 2 aliphatic heterocycles. The first-order chi connectivity index (χ1) is 9.74. The number of nitrogens with zero attached hydrogens (tertiary/aromatic N) is 3. The number of hydrogen-bond acceptors (Lipinski definition) is 4. The Morgan fingerprint density at radius 3 is 2.80 bits per heavy atom. The van der Waals surface area contributed by atoms with Crippen LogP contribution < -0.4 is 0 Å². The summed E-state index contributed by atoms with van der Waals surface area (Å²) < 4.78 is 0. The molecule has 1 fully saturated rings. The van der Waals surface area contributed by atoms with Gasteiger partial charge in [0.05, 0.1) is 22.3 Å². The molecule has 20 heavy (non-hydrogen) atoms. The number of benzene rings is 1. The van der Waals surface area contributed by atoms with Crippen LogP contribution in [-0.2, 0) is 0 Å². The van der Waals surface area contributed by atoms with Crippen LogP contribution in [0.1, 0.15) is 6.42 Å². The summed E-state index contributed by atoms with van der Waals surface area (Å²) in [5, 5.41) is 3.19. The van der Waals surface area contributed by atoms with Crippen molar-refractivity contribution in [2.24, 2.45) is 9.98 Å². The molecule has 0 atom stereocenters. The van der Waals surface area contributed by atoms with Gasteiger partial charge in [0.1, 0.15) is 0 Å². The Bertz CT molecular complexity index is 575. The van der Waals surface area contributed by atoms with E-state index in [1.807, 2.05) is 6.07 Å². The van der Waals surface area contributed by atoms with E-state index in [0.29, 0.717) is 10.0 Å². The van der Waals surface area contributed by atoms with E-state index >= 15 is 0 Å². The monoisotopic (exact) mass is 345 g/mol. The number of rotatable bonds is 1. The fraction of sp³-hybridized carbons (Fsp3) is 0.385. The maximum atomic E-state index is 6.05. The Hall–Kier alpha value is -0.360. The molecule has 2 aliphatic rings. The first-order valence-electron chi connectivity index (χ1n) is 6.35.